The predicted molar refractivity (Wildman–Crippen MR) is 110 cm³/mol. The highest BCUT2D eigenvalue weighted by molar-refractivity contribution is 6.32. The molecule has 0 saturated heterocycles. The number of nitrogens with zero attached hydrogens (tertiary/aromatic N) is 1. The van der Waals surface area contributed by atoms with Crippen LogP contribution in [0.3, 0.4) is 0 Å². The molecule has 0 saturated carbocycles. The van der Waals surface area contributed by atoms with Crippen LogP contribution < -0.4 is 0 Å². The summed E-state index contributed by atoms with van der Waals surface area (Å²) in [5, 5.41) is 8.89. The zero-order valence-corrected chi connectivity index (χ0v) is 17.4. The molecule has 0 heterocycles. The number of hydrogen-bond acceptors (Lipinski definition) is 2. The van der Waals surface area contributed by atoms with Crippen LogP contribution in [0.25, 0.3) is 0 Å². The van der Waals surface area contributed by atoms with Gasteiger partial charge in [-0.1, -0.05) is 74.8 Å². The summed E-state index contributed by atoms with van der Waals surface area (Å²) in [6, 6.07) is 13.9. The van der Waals surface area contributed by atoms with E-state index in [4.69, 9.17) is 16.7 Å². The molecule has 2 aromatic carbocycles. The van der Waals surface area contributed by atoms with Gasteiger partial charge < -0.3 is 5.11 Å². The van der Waals surface area contributed by atoms with Crippen molar-refractivity contribution >= 4 is 11.6 Å². The van der Waals surface area contributed by atoms with E-state index in [0.29, 0.717) is 31.6 Å². The minimum atomic E-state index is -4.47. The smallest absolute Gasteiger partial charge is 0.396 e. The summed E-state index contributed by atoms with van der Waals surface area (Å²) in [6.07, 6.45) is -3.92. The molecule has 1 unspecified atom stereocenters. The zero-order chi connectivity index (χ0) is 21.2. The number of halogens is 4. The molecule has 0 aromatic heterocycles. The summed E-state index contributed by atoms with van der Waals surface area (Å²) in [4.78, 5) is 2.04. The zero-order valence-electron chi connectivity index (χ0n) is 16.6. The summed E-state index contributed by atoms with van der Waals surface area (Å²) in [5.41, 5.74) is 0.797. The second-order valence-electron chi connectivity index (χ2n) is 6.40. The maximum Gasteiger partial charge on any atom is 0.417 e. The molecule has 0 bridgehead atoms. The summed E-state index contributed by atoms with van der Waals surface area (Å²) in [5.74, 6) is 0.208. The molecule has 2 rings (SSSR count). The third kappa shape index (κ3) is 7.46. The van der Waals surface area contributed by atoms with Gasteiger partial charge >= 0.3 is 6.18 Å². The molecule has 2 nitrogen and oxygen atoms in total. The van der Waals surface area contributed by atoms with E-state index in [9.17, 15) is 13.2 Å². The van der Waals surface area contributed by atoms with Crippen molar-refractivity contribution in [2.75, 3.05) is 19.7 Å². The SMILES string of the molecule is CC.CC(CN(CCCO)Cc1cccc(C(F)(F)F)c1Cl)c1ccccc1. The Balaban J connectivity index is 0.00000190. The van der Waals surface area contributed by atoms with Gasteiger partial charge in [0.2, 0.25) is 0 Å². The molecule has 0 amide bonds. The summed E-state index contributed by atoms with van der Waals surface area (Å²) in [6.45, 7) is 7.67. The van der Waals surface area contributed by atoms with Crippen molar-refractivity contribution in [3.63, 3.8) is 0 Å². The molecule has 0 fully saturated rings. The molecule has 28 heavy (non-hydrogen) atoms. The predicted octanol–water partition coefficient (Wildman–Crippen LogP) is 6.37. The Hall–Kier alpha value is -1.56. The third-order valence-electron chi connectivity index (χ3n) is 4.31. The summed E-state index contributed by atoms with van der Waals surface area (Å²) >= 11 is 6.03. The van der Waals surface area contributed by atoms with E-state index in [-0.39, 0.29) is 17.5 Å². The van der Waals surface area contributed by atoms with Gasteiger partial charge in [0.15, 0.2) is 0 Å². The average Bonchev–Trinajstić information content (AvgIpc) is 2.69. The second kappa shape index (κ2) is 12.1. The Labute approximate surface area is 170 Å². The fourth-order valence-corrected chi connectivity index (χ4v) is 3.26. The van der Waals surface area contributed by atoms with Gasteiger partial charge in [-0.3, -0.25) is 4.90 Å². The molecule has 156 valence electrons. The van der Waals surface area contributed by atoms with Gasteiger partial charge in [-0.15, -0.1) is 0 Å². The largest absolute Gasteiger partial charge is 0.417 e. The molecule has 2 aromatic rings. The molecule has 6 heteroatoms. The minimum absolute atomic E-state index is 0.0343. The van der Waals surface area contributed by atoms with E-state index in [1.54, 1.807) is 6.07 Å². The molecule has 0 aliphatic heterocycles. The molecule has 0 radical (unpaired) electrons. The Morgan fingerprint density at radius 3 is 2.25 bits per heavy atom. The number of aliphatic hydroxyl groups is 1. The van der Waals surface area contributed by atoms with E-state index in [1.807, 2.05) is 49.1 Å². The highest BCUT2D eigenvalue weighted by atomic mass is 35.5. The number of rotatable bonds is 8. The highest BCUT2D eigenvalue weighted by Crippen LogP contribution is 2.36. The van der Waals surface area contributed by atoms with Crippen molar-refractivity contribution in [3.05, 3.63) is 70.2 Å². The van der Waals surface area contributed by atoms with E-state index in [1.165, 1.54) is 6.07 Å². The van der Waals surface area contributed by atoms with Crippen LogP contribution in [-0.4, -0.2) is 29.7 Å². The number of benzene rings is 2. The molecule has 1 N–H and O–H groups in total. The van der Waals surface area contributed by atoms with Gasteiger partial charge in [0.25, 0.3) is 0 Å². The molecule has 0 spiro atoms. The molecule has 0 aliphatic rings. The quantitative estimate of drug-likeness (QED) is 0.541. The van der Waals surface area contributed by atoms with Crippen LogP contribution in [0.15, 0.2) is 48.5 Å². The van der Waals surface area contributed by atoms with Crippen molar-refractivity contribution in [3.8, 4) is 0 Å². The Bertz CT molecular complexity index is 692. The van der Waals surface area contributed by atoms with Gasteiger partial charge in [-0.05, 0) is 29.5 Å². The van der Waals surface area contributed by atoms with Crippen LogP contribution in [0.4, 0.5) is 13.2 Å². The molecular formula is C22H29ClF3NO. The van der Waals surface area contributed by atoms with Gasteiger partial charge in [0.1, 0.15) is 0 Å². The van der Waals surface area contributed by atoms with Crippen molar-refractivity contribution in [2.45, 2.75) is 45.8 Å². The topological polar surface area (TPSA) is 23.5 Å². The standard InChI is InChI=1S/C20H23ClF3NO.C2H6/c1-15(16-7-3-2-4-8-16)13-25(11-6-12-26)14-17-9-5-10-18(19(17)21)20(22,23)24;1-2/h2-5,7-10,15,26H,6,11-14H2,1H3;1-2H3. The third-order valence-corrected chi connectivity index (χ3v) is 4.76. The van der Waals surface area contributed by atoms with Crippen LogP contribution in [0.2, 0.25) is 5.02 Å². The lowest BCUT2D eigenvalue weighted by Crippen LogP contribution is -2.29. The Morgan fingerprint density at radius 1 is 1.04 bits per heavy atom. The van der Waals surface area contributed by atoms with Gasteiger partial charge in [0, 0.05) is 26.2 Å². The lowest BCUT2D eigenvalue weighted by Gasteiger charge is -2.27. The summed E-state index contributed by atoms with van der Waals surface area (Å²) < 4.78 is 39.2. The minimum Gasteiger partial charge on any atom is -0.396 e. The molecule has 0 aliphatic carbocycles. The Morgan fingerprint density at radius 2 is 1.68 bits per heavy atom. The monoisotopic (exact) mass is 415 g/mol. The number of aliphatic hydroxyl groups excluding tert-OH is 1. The Kier molecular flexibility index (Phi) is 10.6. The highest BCUT2D eigenvalue weighted by Gasteiger charge is 2.34. The van der Waals surface area contributed by atoms with Crippen LogP contribution >= 0.6 is 11.6 Å². The number of hydrogen-bond donors (Lipinski definition) is 1. The van der Waals surface area contributed by atoms with Crippen LogP contribution in [0, 0.1) is 0 Å². The van der Waals surface area contributed by atoms with Crippen LogP contribution in [0.5, 0.6) is 0 Å². The van der Waals surface area contributed by atoms with Gasteiger partial charge in [-0.2, -0.15) is 13.2 Å². The van der Waals surface area contributed by atoms with E-state index >= 15 is 0 Å². The average molecular weight is 416 g/mol. The van der Waals surface area contributed by atoms with Crippen LogP contribution in [0.1, 0.15) is 49.8 Å². The van der Waals surface area contributed by atoms with E-state index in [2.05, 4.69) is 6.92 Å². The van der Waals surface area contributed by atoms with Gasteiger partial charge in [-0.25, -0.2) is 0 Å². The van der Waals surface area contributed by atoms with Crippen molar-refractivity contribution in [1.82, 2.24) is 4.90 Å². The number of alkyl halides is 3. The molecule has 1 atom stereocenters. The van der Waals surface area contributed by atoms with E-state index < -0.39 is 11.7 Å². The van der Waals surface area contributed by atoms with Gasteiger partial charge in [0.05, 0.1) is 10.6 Å². The molecular weight excluding hydrogens is 387 g/mol. The lowest BCUT2D eigenvalue weighted by molar-refractivity contribution is -0.137. The first-order chi connectivity index (χ1) is 13.3. The fraction of sp³-hybridized carbons (Fsp3) is 0.455. The first-order valence-corrected chi connectivity index (χ1v) is 9.93. The first-order valence-electron chi connectivity index (χ1n) is 9.55. The normalized spacial score (nSPS) is 12.5. The second-order valence-corrected chi connectivity index (χ2v) is 6.78. The maximum atomic E-state index is 13.1. The lowest BCUT2D eigenvalue weighted by atomic mass is 10.00. The van der Waals surface area contributed by atoms with E-state index in [0.717, 1.165) is 11.6 Å². The maximum absolute atomic E-state index is 13.1. The fourth-order valence-electron chi connectivity index (χ4n) is 2.97. The van der Waals surface area contributed by atoms with Crippen molar-refractivity contribution in [1.29, 1.82) is 0 Å². The van der Waals surface area contributed by atoms with Crippen molar-refractivity contribution < 1.29 is 18.3 Å². The first kappa shape index (κ1) is 24.5. The van der Waals surface area contributed by atoms with Crippen molar-refractivity contribution in [2.24, 2.45) is 0 Å². The summed E-state index contributed by atoms with van der Waals surface area (Å²) in [7, 11) is 0. The van der Waals surface area contributed by atoms with Crippen LogP contribution in [-0.2, 0) is 12.7 Å².